The van der Waals surface area contributed by atoms with Crippen LogP contribution in [-0.4, -0.2) is 33.7 Å². The molecular weight excluding hydrogens is 838 g/mol. The molecular formula is C43H64IO2P2Ru. The SMILES string of the molecule is C/C=C(\C)C(=O)O.Cc1cccc(P(C2CCCCC2)C2CCCCC2)c1-c1c(C)cccc1P(C1CCCCC1)C1CCCCC1.[Ru][I]. The first-order valence-electron chi connectivity index (χ1n) is 19.7. The summed E-state index contributed by atoms with van der Waals surface area (Å²) in [5.41, 5.74) is 10.8. The third-order valence-corrected chi connectivity index (χ3v) is 19.0. The molecule has 2 aromatic carbocycles. The van der Waals surface area contributed by atoms with Gasteiger partial charge in [0.25, 0.3) is 0 Å². The van der Waals surface area contributed by atoms with E-state index in [1.54, 1.807) is 42.2 Å². The zero-order valence-corrected chi connectivity index (χ0v) is 36.7. The molecule has 0 radical (unpaired) electrons. The molecule has 0 amide bonds. The van der Waals surface area contributed by atoms with Crippen molar-refractivity contribution in [3.8, 4) is 11.1 Å². The molecule has 2 nitrogen and oxygen atoms in total. The van der Waals surface area contributed by atoms with E-state index in [0.29, 0.717) is 5.57 Å². The van der Waals surface area contributed by atoms with Crippen LogP contribution in [-0.2, 0) is 19.6 Å². The van der Waals surface area contributed by atoms with Crippen LogP contribution in [0.3, 0.4) is 0 Å². The Kier molecular flexibility index (Phi) is 18.8. The zero-order chi connectivity index (χ0) is 35.2. The van der Waals surface area contributed by atoms with Gasteiger partial charge in [0.15, 0.2) is 0 Å². The van der Waals surface area contributed by atoms with Crippen LogP contribution in [0.2, 0.25) is 0 Å². The number of allylic oxidation sites excluding steroid dienone is 1. The third-order valence-electron chi connectivity index (χ3n) is 12.0. The number of hydrogen-bond acceptors (Lipinski definition) is 1. The number of hydrogen-bond donors (Lipinski definition) is 1. The first-order valence-corrected chi connectivity index (χ1v) is 27.8. The van der Waals surface area contributed by atoms with Crippen molar-refractivity contribution < 1.29 is 24.7 Å². The summed E-state index contributed by atoms with van der Waals surface area (Å²) in [6, 6.07) is 15.1. The van der Waals surface area contributed by atoms with Gasteiger partial charge in [0.05, 0.1) is 0 Å². The van der Waals surface area contributed by atoms with Crippen LogP contribution in [0.5, 0.6) is 0 Å². The van der Waals surface area contributed by atoms with Gasteiger partial charge in [-0.2, -0.15) is 0 Å². The Bertz CT molecular complexity index is 1200. The van der Waals surface area contributed by atoms with Gasteiger partial charge in [-0.05, 0) is 135 Å². The van der Waals surface area contributed by atoms with Gasteiger partial charge in [-0.1, -0.05) is 135 Å². The minimum atomic E-state index is -0.845. The fourth-order valence-electron chi connectivity index (χ4n) is 9.33. The van der Waals surface area contributed by atoms with E-state index in [9.17, 15) is 4.79 Å². The van der Waals surface area contributed by atoms with E-state index in [1.807, 2.05) is 10.6 Å². The summed E-state index contributed by atoms with van der Waals surface area (Å²) in [5.74, 6) is -0.845. The summed E-state index contributed by atoms with van der Waals surface area (Å²) in [5, 5.41) is 11.8. The molecule has 273 valence electrons. The van der Waals surface area contributed by atoms with E-state index in [2.05, 4.69) is 84.8 Å². The van der Waals surface area contributed by atoms with Crippen molar-refractivity contribution in [2.75, 3.05) is 0 Å². The third kappa shape index (κ3) is 11.4. The Hall–Kier alpha value is -0.137. The van der Waals surface area contributed by atoms with Crippen molar-refractivity contribution in [3.05, 3.63) is 59.2 Å². The number of aliphatic carboxylic acids is 1. The summed E-state index contributed by atoms with van der Waals surface area (Å²) in [7, 11) is -0.237. The summed E-state index contributed by atoms with van der Waals surface area (Å²) in [6.07, 6.45) is 31.2. The Labute approximate surface area is 323 Å². The van der Waals surface area contributed by atoms with Gasteiger partial charge in [-0.3, -0.25) is 0 Å². The molecule has 49 heavy (non-hydrogen) atoms. The Morgan fingerprint density at radius 2 is 0.898 bits per heavy atom. The average Bonchev–Trinajstić information content (AvgIpc) is 3.15. The van der Waals surface area contributed by atoms with Crippen molar-refractivity contribution in [2.45, 2.75) is 179 Å². The molecule has 4 aliphatic carbocycles. The first kappa shape index (κ1) is 41.6. The summed E-state index contributed by atoms with van der Waals surface area (Å²) in [6.45, 7) is 8.19. The Morgan fingerprint density at radius 1 is 0.612 bits per heavy atom. The predicted octanol–water partition coefficient (Wildman–Crippen LogP) is 13.4. The molecule has 0 spiro atoms. The van der Waals surface area contributed by atoms with Crippen molar-refractivity contribution in [1.29, 1.82) is 0 Å². The van der Waals surface area contributed by atoms with Crippen LogP contribution in [0.1, 0.15) is 153 Å². The standard InChI is InChI=1S/C38H56P2.C5H8O2.HI.Ru/c1-29-17-15-27-35(39(31-19-7-3-8-20-31)32-21-9-4-10-22-32)37(29)38-30(2)18-16-28-36(38)40(33-23-11-5-12-24-33)34-25-13-6-14-26-34;1-3-4(2)5(6)7;;/h15-18,27-28,31-34H,3-14,19-26H2,1-2H3;3H,1-2H3,(H,6,7);1H;/q;;;+1/p-1/b;4-3+;;. The fourth-order valence-corrected chi connectivity index (χ4v) is 17.4. The maximum absolute atomic E-state index is 9.86. The van der Waals surface area contributed by atoms with Crippen molar-refractivity contribution in [3.63, 3.8) is 0 Å². The first-order chi connectivity index (χ1) is 23.9. The van der Waals surface area contributed by atoms with Gasteiger partial charge < -0.3 is 5.11 Å². The topological polar surface area (TPSA) is 37.3 Å². The van der Waals surface area contributed by atoms with Crippen LogP contribution < -0.4 is 10.6 Å². The van der Waals surface area contributed by atoms with E-state index < -0.39 is 5.97 Å². The summed E-state index contributed by atoms with van der Waals surface area (Å²) < 4.78 is 0. The normalized spacial score (nSPS) is 20.4. The molecule has 0 aromatic heterocycles. The maximum atomic E-state index is 9.86. The zero-order valence-electron chi connectivity index (χ0n) is 31.0. The van der Waals surface area contributed by atoms with Gasteiger partial charge in [0.1, 0.15) is 0 Å². The Morgan fingerprint density at radius 3 is 1.12 bits per heavy atom. The second-order valence-electron chi connectivity index (χ2n) is 15.2. The number of benzene rings is 2. The molecule has 4 fully saturated rings. The number of aryl methyl sites for hydroxylation is 2. The van der Waals surface area contributed by atoms with Crippen LogP contribution in [0.15, 0.2) is 48.0 Å². The molecule has 0 atom stereocenters. The molecule has 4 saturated carbocycles. The second-order valence-corrected chi connectivity index (χ2v) is 20.7. The summed E-state index contributed by atoms with van der Waals surface area (Å²) in [4.78, 5) is 9.86. The molecule has 0 saturated heterocycles. The van der Waals surface area contributed by atoms with Crippen molar-refractivity contribution in [1.82, 2.24) is 0 Å². The fraction of sp³-hybridized carbons (Fsp3) is 0.651. The molecule has 0 bridgehead atoms. The number of rotatable bonds is 8. The van der Waals surface area contributed by atoms with E-state index in [0.717, 1.165) is 22.6 Å². The van der Waals surface area contributed by atoms with Gasteiger partial charge in [0, 0.05) is 5.57 Å². The van der Waals surface area contributed by atoms with Crippen molar-refractivity contribution in [2.24, 2.45) is 0 Å². The molecule has 6 heteroatoms. The van der Waals surface area contributed by atoms with E-state index in [1.165, 1.54) is 128 Å². The van der Waals surface area contributed by atoms with Crippen LogP contribution in [0.4, 0.5) is 0 Å². The van der Waals surface area contributed by atoms with Gasteiger partial charge in [-0.15, -0.1) is 0 Å². The molecule has 4 aliphatic rings. The van der Waals surface area contributed by atoms with E-state index in [-0.39, 0.29) is 15.8 Å². The minimum absolute atomic E-state index is 0.119. The quantitative estimate of drug-likeness (QED) is 0.124. The van der Waals surface area contributed by atoms with E-state index >= 15 is 0 Å². The molecule has 0 unspecified atom stereocenters. The number of halogens is 1. The van der Waals surface area contributed by atoms with Crippen LogP contribution in [0, 0.1) is 13.8 Å². The summed E-state index contributed by atoms with van der Waals surface area (Å²) >= 11 is 4.40. The molecule has 0 heterocycles. The van der Waals surface area contributed by atoms with Crippen molar-refractivity contribution >= 4 is 52.2 Å². The monoisotopic (exact) mass is 903 g/mol. The van der Waals surface area contributed by atoms with Crippen LogP contribution in [0.25, 0.3) is 11.1 Å². The van der Waals surface area contributed by atoms with E-state index in [4.69, 9.17) is 5.11 Å². The van der Waals surface area contributed by atoms with Gasteiger partial charge in [-0.25, -0.2) is 4.79 Å². The molecule has 1 N–H and O–H groups in total. The predicted molar refractivity (Wildman–Crippen MR) is 223 cm³/mol. The second kappa shape index (κ2) is 22.2. The molecule has 2 aromatic rings. The average molecular weight is 903 g/mol. The van der Waals surface area contributed by atoms with Crippen LogP contribution >= 0.6 is 35.6 Å². The molecule has 0 aliphatic heterocycles. The Balaban J connectivity index is 0.000000537. The van der Waals surface area contributed by atoms with Gasteiger partial charge in [0.2, 0.25) is 0 Å². The molecule has 6 rings (SSSR count). The number of carboxylic acid groups (broad SMARTS) is 1. The number of carbonyl (C=O) groups is 1. The number of carboxylic acids is 1. The van der Waals surface area contributed by atoms with Gasteiger partial charge >= 0.3 is 40.5 Å².